The predicted molar refractivity (Wildman–Crippen MR) is 93.6 cm³/mol. The number of nitro groups is 1. The molecule has 1 aliphatic heterocycles. The second kappa shape index (κ2) is 7.31. The first-order valence-electron chi connectivity index (χ1n) is 8.00. The van der Waals surface area contributed by atoms with E-state index in [0.29, 0.717) is 0 Å². The number of methoxy groups -OCH3 is 1. The lowest BCUT2D eigenvalue weighted by molar-refractivity contribution is -0.384. The molecule has 0 N–H and O–H groups in total. The number of hydrogen-bond acceptors (Lipinski definition) is 5. The Balaban J connectivity index is 1.56. The quantitative estimate of drug-likeness (QED) is 0.624. The van der Waals surface area contributed by atoms with Crippen LogP contribution in [-0.2, 0) is 6.54 Å². The Morgan fingerprint density at radius 3 is 2.42 bits per heavy atom. The number of ether oxygens (including phenoxy) is 1. The molecule has 0 bridgehead atoms. The number of nitrogens with zero attached hydrogens (tertiary/aromatic N) is 3. The van der Waals surface area contributed by atoms with Crippen molar-refractivity contribution < 1.29 is 9.66 Å². The Labute approximate surface area is 141 Å². The molecular formula is C18H21N3O3. The molecule has 6 heteroatoms. The van der Waals surface area contributed by atoms with Gasteiger partial charge in [0.15, 0.2) is 0 Å². The highest BCUT2D eigenvalue weighted by Crippen LogP contribution is 2.21. The van der Waals surface area contributed by atoms with E-state index in [1.54, 1.807) is 19.2 Å². The van der Waals surface area contributed by atoms with Crippen LogP contribution >= 0.6 is 0 Å². The molecule has 0 saturated carbocycles. The van der Waals surface area contributed by atoms with Crippen LogP contribution in [0.3, 0.4) is 0 Å². The van der Waals surface area contributed by atoms with E-state index < -0.39 is 0 Å². The van der Waals surface area contributed by atoms with Gasteiger partial charge in [0.25, 0.3) is 5.69 Å². The highest BCUT2D eigenvalue weighted by atomic mass is 16.6. The molecular weight excluding hydrogens is 306 g/mol. The molecule has 0 radical (unpaired) electrons. The largest absolute Gasteiger partial charge is 0.497 e. The van der Waals surface area contributed by atoms with Gasteiger partial charge in [0, 0.05) is 50.5 Å². The zero-order chi connectivity index (χ0) is 16.9. The summed E-state index contributed by atoms with van der Waals surface area (Å²) in [6, 6.07) is 15.0. The number of piperazine rings is 1. The fraction of sp³-hybridized carbons (Fsp3) is 0.333. The maximum Gasteiger partial charge on any atom is 0.269 e. The number of anilines is 1. The molecule has 0 spiro atoms. The molecule has 1 saturated heterocycles. The van der Waals surface area contributed by atoms with Crippen LogP contribution in [0.5, 0.6) is 5.75 Å². The summed E-state index contributed by atoms with van der Waals surface area (Å²) in [5, 5.41) is 10.9. The summed E-state index contributed by atoms with van der Waals surface area (Å²) >= 11 is 0. The van der Waals surface area contributed by atoms with Crippen molar-refractivity contribution in [3.63, 3.8) is 0 Å². The number of hydrogen-bond donors (Lipinski definition) is 0. The first kappa shape index (κ1) is 16.3. The van der Waals surface area contributed by atoms with Gasteiger partial charge in [0.1, 0.15) is 5.75 Å². The van der Waals surface area contributed by atoms with E-state index in [4.69, 9.17) is 4.74 Å². The third kappa shape index (κ3) is 3.83. The van der Waals surface area contributed by atoms with Crippen molar-refractivity contribution in [1.29, 1.82) is 0 Å². The van der Waals surface area contributed by atoms with Crippen LogP contribution in [0.1, 0.15) is 5.56 Å². The zero-order valence-corrected chi connectivity index (χ0v) is 13.7. The van der Waals surface area contributed by atoms with E-state index in [1.807, 2.05) is 18.2 Å². The topological polar surface area (TPSA) is 58.8 Å². The minimum absolute atomic E-state index is 0.157. The van der Waals surface area contributed by atoms with Crippen molar-refractivity contribution >= 4 is 11.4 Å². The van der Waals surface area contributed by atoms with Gasteiger partial charge in [0.05, 0.1) is 12.0 Å². The number of nitro benzene ring substituents is 1. The van der Waals surface area contributed by atoms with Crippen LogP contribution in [0.15, 0.2) is 48.5 Å². The summed E-state index contributed by atoms with van der Waals surface area (Å²) < 4.78 is 5.19. The summed E-state index contributed by atoms with van der Waals surface area (Å²) in [7, 11) is 1.67. The normalized spacial score (nSPS) is 15.3. The van der Waals surface area contributed by atoms with Crippen LogP contribution in [0.4, 0.5) is 11.4 Å². The molecule has 2 aromatic carbocycles. The second-order valence-corrected chi connectivity index (χ2v) is 5.89. The first-order valence-corrected chi connectivity index (χ1v) is 8.00. The SMILES string of the molecule is COc1ccc(N2CCN(Cc3cccc([N+](=O)[O-])c3)CC2)cc1. The summed E-state index contributed by atoms with van der Waals surface area (Å²) in [5.41, 5.74) is 2.34. The van der Waals surface area contributed by atoms with E-state index >= 15 is 0 Å². The average Bonchev–Trinajstić information content (AvgIpc) is 2.63. The Hall–Kier alpha value is -2.60. The van der Waals surface area contributed by atoms with Crippen molar-refractivity contribution in [2.24, 2.45) is 0 Å². The van der Waals surface area contributed by atoms with Gasteiger partial charge in [-0.05, 0) is 29.8 Å². The maximum atomic E-state index is 10.9. The second-order valence-electron chi connectivity index (χ2n) is 5.89. The van der Waals surface area contributed by atoms with Gasteiger partial charge >= 0.3 is 0 Å². The highest BCUT2D eigenvalue weighted by molar-refractivity contribution is 5.49. The Morgan fingerprint density at radius 1 is 1.08 bits per heavy atom. The molecule has 3 rings (SSSR count). The fourth-order valence-corrected chi connectivity index (χ4v) is 2.98. The van der Waals surface area contributed by atoms with Crippen LogP contribution in [0, 0.1) is 10.1 Å². The summed E-state index contributed by atoms with van der Waals surface area (Å²) in [6.45, 7) is 4.52. The van der Waals surface area contributed by atoms with Gasteiger partial charge in [0.2, 0.25) is 0 Å². The first-order chi connectivity index (χ1) is 11.7. The predicted octanol–water partition coefficient (Wildman–Crippen LogP) is 2.93. The van der Waals surface area contributed by atoms with Gasteiger partial charge in [-0.1, -0.05) is 12.1 Å². The third-order valence-electron chi connectivity index (χ3n) is 4.34. The summed E-state index contributed by atoms with van der Waals surface area (Å²) in [6.07, 6.45) is 0. The van der Waals surface area contributed by atoms with E-state index in [-0.39, 0.29) is 10.6 Å². The van der Waals surface area contributed by atoms with E-state index in [1.165, 1.54) is 11.8 Å². The minimum atomic E-state index is -0.342. The standard InChI is InChI=1S/C18H21N3O3/c1-24-18-7-5-16(6-8-18)20-11-9-19(10-12-20)14-15-3-2-4-17(13-15)21(22)23/h2-8,13H,9-12,14H2,1H3. The molecule has 1 heterocycles. The fourth-order valence-electron chi connectivity index (χ4n) is 2.98. The van der Waals surface area contributed by atoms with E-state index in [9.17, 15) is 10.1 Å². The Kier molecular flexibility index (Phi) is 4.96. The average molecular weight is 327 g/mol. The van der Waals surface area contributed by atoms with Crippen molar-refractivity contribution in [3.05, 3.63) is 64.2 Å². The molecule has 0 aromatic heterocycles. The van der Waals surface area contributed by atoms with Crippen LogP contribution in [0.25, 0.3) is 0 Å². The van der Waals surface area contributed by atoms with Crippen LogP contribution < -0.4 is 9.64 Å². The van der Waals surface area contributed by atoms with Gasteiger partial charge in [-0.15, -0.1) is 0 Å². The van der Waals surface area contributed by atoms with Gasteiger partial charge < -0.3 is 9.64 Å². The smallest absolute Gasteiger partial charge is 0.269 e. The van der Waals surface area contributed by atoms with Crippen LogP contribution in [-0.4, -0.2) is 43.1 Å². The lowest BCUT2D eigenvalue weighted by atomic mass is 10.1. The van der Waals surface area contributed by atoms with Crippen molar-refractivity contribution in [1.82, 2.24) is 4.90 Å². The summed E-state index contributed by atoms with van der Waals surface area (Å²) in [5.74, 6) is 0.864. The highest BCUT2D eigenvalue weighted by Gasteiger charge is 2.18. The van der Waals surface area contributed by atoms with Gasteiger partial charge in [-0.3, -0.25) is 15.0 Å². The molecule has 2 aromatic rings. The molecule has 0 amide bonds. The van der Waals surface area contributed by atoms with Crippen molar-refractivity contribution in [2.75, 3.05) is 38.2 Å². The van der Waals surface area contributed by atoms with Crippen molar-refractivity contribution in [3.8, 4) is 5.75 Å². The molecule has 1 fully saturated rings. The van der Waals surface area contributed by atoms with Crippen molar-refractivity contribution in [2.45, 2.75) is 6.54 Å². The monoisotopic (exact) mass is 327 g/mol. The van der Waals surface area contributed by atoms with Gasteiger partial charge in [-0.25, -0.2) is 0 Å². The lowest BCUT2D eigenvalue weighted by Crippen LogP contribution is -2.45. The molecule has 0 unspecified atom stereocenters. The molecule has 1 aliphatic rings. The molecule has 126 valence electrons. The zero-order valence-electron chi connectivity index (χ0n) is 13.7. The van der Waals surface area contributed by atoms with E-state index in [0.717, 1.165) is 44.0 Å². The Bertz CT molecular complexity index is 695. The number of rotatable bonds is 5. The van der Waals surface area contributed by atoms with E-state index in [2.05, 4.69) is 21.9 Å². The third-order valence-corrected chi connectivity index (χ3v) is 4.34. The number of benzene rings is 2. The lowest BCUT2D eigenvalue weighted by Gasteiger charge is -2.36. The van der Waals surface area contributed by atoms with Gasteiger partial charge in [-0.2, -0.15) is 0 Å². The molecule has 6 nitrogen and oxygen atoms in total. The minimum Gasteiger partial charge on any atom is -0.497 e. The maximum absolute atomic E-state index is 10.9. The molecule has 0 aliphatic carbocycles. The van der Waals surface area contributed by atoms with Crippen LogP contribution in [0.2, 0.25) is 0 Å². The Morgan fingerprint density at radius 2 is 1.79 bits per heavy atom. The summed E-state index contributed by atoms with van der Waals surface area (Å²) in [4.78, 5) is 15.2. The molecule has 0 atom stereocenters. The molecule has 24 heavy (non-hydrogen) atoms. The number of non-ortho nitro benzene ring substituents is 1.